The van der Waals surface area contributed by atoms with Crippen LogP contribution in [-0.4, -0.2) is 106 Å². The highest BCUT2D eigenvalue weighted by molar-refractivity contribution is 5.94. The number of epoxide rings is 1. The molecule has 7 aliphatic heterocycles. The summed E-state index contributed by atoms with van der Waals surface area (Å²) in [6.07, 6.45) is 31.7. The van der Waals surface area contributed by atoms with E-state index < -0.39 is 92.0 Å². The van der Waals surface area contributed by atoms with Gasteiger partial charge in [0.1, 0.15) is 29.7 Å². The van der Waals surface area contributed by atoms with Crippen LogP contribution in [0.15, 0.2) is 64.9 Å². The quantitative estimate of drug-likeness (QED) is 0.0849. The lowest BCUT2D eigenvalue weighted by Gasteiger charge is -2.74. The first-order chi connectivity index (χ1) is 45.2. The van der Waals surface area contributed by atoms with Gasteiger partial charge >= 0.3 is 11.9 Å². The van der Waals surface area contributed by atoms with E-state index >= 15 is 19.5 Å². The number of benzene rings is 1. The average molecular weight is 1260 g/mol. The molecule has 15 fully saturated rings. The number of esters is 2. The van der Waals surface area contributed by atoms with E-state index in [2.05, 4.69) is 77.7 Å². The van der Waals surface area contributed by atoms with Crippen LogP contribution in [0.1, 0.15) is 190 Å². The molecule has 9 bridgehead atoms. The largest absolute Gasteiger partial charge is 0.469 e. The van der Waals surface area contributed by atoms with Crippen LogP contribution < -0.4 is 5.32 Å². The third-order valence-corrected chi connectivity index (χ3v) is 33.6. The number of carbonyl (C=O) groups is 3. The number of cyclic esters (lactones) is 1. The smallest absolute Gasteiger partial charge is 0.339 e. The molecule has 26 unspecified atom stereocenters. The normalized spacial score (nSPS) is 52.0. The second-order valence-electron chi connectivity index (χ2n) is 35.9. The molecule has 8 spiro atoms. The summed E-state index contributed by atoms with van der Waals surface area (Å²) in [6.45, 7) is 3.92. The van der Waals surface area contributed by atoms with Gasteiger partial charge in [-0.1, -0.05) is 93.4 Å². The maximum absolute atomic E-state index is 18.0. The van der Waals surface area contributed by atoms with Gasteiger partial charge in [-0.15, -0.1) is 0 Å². The Kier molecular flexibility index (Phi) is 11.9. The third kappa shape index (κ3) is 6.51. The van der Waals surface area contributed by atoms with Crippen LogP contribution >= 0.6 is 0 Å². The van der Waals surface area contributed by atoms with Crippen molar-refractivity contribution in [1.29, 1.82) is 0 Å². The van der Waals surface area contributed by atoms with Gasteiger partial charge < -0.3 is 43.6 Å². The van der Waals surface area contributed by atoms with Crippen LogP contribution in [0.5, 0.6) is 0 Å². The Morgan fingerprint density at radius 1 is 0.849 bits per heavy atom. The standard InChI is InChI=1S/C80H98N2O11/c1-71-37-51-38-74-54(22-27-73(74)30-29-72(42-73)25-8-9-26-72)35-55-23-28-76(52-12-6-3-7-13-52)65-63(85)67(86)77(64(51)75(65)43-90-69(87)66(74)79(55,75)93-76)58-33-46(32-45-10-4-2-5-11-45)14-15-47(58)16-19-53-20-17-50-41-89-61(62(50)78(53,71)92-70(88)68-80(71,77)91-68)36-57(60(84)40-83)48-18-21-56-49(34-48)24-31-82-44-81-39-59(56)82/h2,4-5,10-11,23-24,31,41,46-49,51-54,56-60,64-68,81,83-84,86H,3,6-9,12-15,17-18,20-22,25-30,32-40,42-44H2,1H3. The molecule has 26 atom stereocenters. The number of aryl methyl sites for hydroxylation is 1. The van der Waals surface area contributed by atoms with Crippen molar-refractivity contribution >= 4 is 17.7 Å². The summed E-state index contributed by atoms with van der Waals surface area (Å²) < 4.78 is 39.1. The van der Waals surface area contributed by atoms with Gasteiger partial charge in [-0.3, -0.25) is 14.9 Å². The van der Waals surface area contributed by atoms with Crippen molar-refractivity contribution in [3.63, 3.8) is 0 Å². The summed E-state index contributed by atoms with van der Waals surface area (Å²) in [5, 5.41) is 42.5. The van der Waals surface area contributed by atoms with Crippen molar-refractivity contribution in [2.45, 2.75) is 233 Å². The number of rotatable bonds is 8. The van der Waals surface area contributed by atoms with Gasteiger partial charge in [0.2, 0.25) is 0 Å². The second kappa shape index (κ2) is 19.1. The van der Waals surface area contributed by atoms with Crippen molar-refractivity contribution in [1.82, 2.24) is 10.2 Å². The Morgan fingerprint density at radius 2 is 1.71 bits per heavy atom. The Bertz CT molecular complexity index is 3670. The number of nitrogens with zero attached hydrogens (tertiary/aromatic N) is 1. The first-order valence-corrected chi connectivity index (χ1v) is 38.0. The van der Waals surface area contributed by atoms with Crippen molar-refractivity contribution in [2.24, 2.45) is 115 Å². The minimum atomic E-state index is -1.54. The van der Waals surface area contributed by atoms with Crippen molar-refractivity contribution in [3.8, 4) is 11.8 Å². The van der Waals surface area contributed by atoms with Gasteiger partial charge in [-0.2, -0.15) is 0 Å². The highest BCUT2D eigenvalue weighted by atomic mass is 16.7. The van der Waals surface area contributed by atoms with Crippen LogP contribution in [0.2, 0.25) is 0 Å². The topological polar surface area (TPSA) is 181 Å². The molecule has 1 aromatic heterocycles. The molecule has 2 aromatic rings. The van der Waals surface area contributed by atoms with E-state index in [0.717, 1.165) is 133 Å². The summed E-state index contributed by atoms with van der Waals surface area (Å²) in [4.78, 5) is 53.7. The van der Waals surface area contributed by atoms with E-state index in [-0.39, 0.29) is 83.1 Å². The molecule has 0 amide bonds. The SMILES string of the molecule is CC12CC3CC45C(CCC46CCC4(CCCC4)C6)CC4=CCC6(C7CCCCC7)OC47C5C(=O)OCC74C6C(=O)C(O)C5(C6CC(Cc7ccccc7)CCC6C#CC6CCc7coc(CC(C(O)CO)C8CCC9C(C=CN%10CNCC9%10)C8)c7C61OC(=O)C1OC152)C34. The minimum Gasteiger partial charge on any atom is -0.469 e. The fraction of sp³-hybridized carbons (Fsp3) is 0.762. The van der Waals surface area contributed by atoms with E-state index in [4.69, 9.17) is 23.4 Å². The molecule has 494 valence electrons. The number of furan rings is 1. The molecule has 13 nitrogen and oxygen atoms in total. The molecular formula is C80H98N2O11. The predicted molar refractivity (Wildman–Crippen MR) is 341 cm³/mol. The molecule has 21 rings (SSSR count). The Labute approximate surface area is 548 Å². The lowest BCUT2D eigenvalue weighted by atomic mass is 9.28. The van der Waals surface area contributed by atoms with Crippen LogP contribution in [-0.2, 0) is 58.2 Å². The van der Waals surface area contributed by atoms with Gasteiger partial charge in [0.25, 0.3) is 0 Å². The first-order valence-electron chi connectivity index (χ1n) is 38.0. The number of Topliss-reactive ketones (excluding diaryl/α,β-unsaturated/α-hetero) is 1. The van der Waals surface area contributed by atoms with Crippen molar-refractivity contribution < 1.29 is 53.1 Å². The zero-order valence-electron chi connectivity index (χ0n) is 54.8. The second-order valence-corrected chi connectivity index (χ2v) is 35.9. The molecule has 1 aromatic carbocycles. The van der Waals surface area contributed by atoms with E-state index in [1.807, 2.05) is 6.26 Å². The number of ketones is 1. The number of ether oxygens (including phenoxy) is 4. The zero-order valence-corrected chi connectivity index (χ0v) is 54.8. The highest BCUT2D eigenvalue weighted by Crippen LogP contribution is 2.93. The van der Waals surface area contributed by atoms with Gasteiger partial charge in [0, 0.05) is 41.3 Å². The van der Waals surface area contributed by atoms with Crippen molar-refractivity contribution in [3.05, 3.63) is 83.0 Å². The summed E-state index contributed by atoms with van der Waals surface area (Å²) in [6, 6.07) is 11.3. The number of allylic oxidation sites excluding steroid dienone is 1. The van der Waals surface area contributed by atoms with Gasteiger partial charge in [0.15, 0.2) is 17.5 Å². The summed E-state index contributed by atoms with van der Waals surface area (Å²) in [5.74, 6) is 6.19. The molecule has 5 saturated heterocycles. The summed E-state index contributed by atoms with van der Waals surface area (Å²) >= 11 is 0. The van der Waals surface area contributed by atoms with Crippen LogP contribution in [0.4, 0.5) is 0 Å². The van der Waals surface area contributed by atoms with Gasteiger partial charge in [0.05, 0.1) is 54.4 Å². The van der Waals surface area contributed by atoms with E-state index in [0.29, 0.717) is 62.2 Å². The molecule has 13 heteroatoms. The lowest BCUT2D eigenvalue weighted by molar-refractivity contribution is -0.320. The molecule has 12 aliphatic carbocycles. The van der Waals surface area contributed by atoms with Crippen LogP contribution in [0.25, 0.3) is 0 Å². The number of hydrogen-bond donors (Lipinski definition) is 4. The number of hydrogen-bond acceptors (Lipinski definition) is 13. The zero-order chi connectivity index (χ0) is 62.2. The number of nitrogens with one attached hydrogen (secondary N) is 1. The Morgan fingerprint density at radius 3 is 2.56 bits per heavy atom. The number of aliphatic hydroxyl groups is 3. The first kappa shape index (κ1) is 57.7. The van der Waals surface area contributed by atoms with Crippen LogP contribution in [0, 0.1) is 127 Å². The lowest BCUT2D eigenvalue weighted by Crippen LogP contribution is -2.84. The molecule has 93 heavy (non-hydrogen) atoms. The summed E-state index contributed by atoms with van der Waals surface area (Å²) in [5.41, 5.74) is -4.67. The molecule has 4 N–H and O–H groups in total. The molecular weight excluding hydrogens is 1160 g/mol. The number of carbonyl (C=O) groups excluding carboxylic acids is 3. The molecule has 8 heterocycles. The van der Waals surface area contributed by atoms with Crippen molar-refractivity contribution in [2.75, 3.05) is 26.4 Å². The maximum atomic E-state index is 18.0. The van der Waals surface area contributed by atoms with E-state index in [1.165, 1.54) is 43.2 Å². The summed E-state index contributed by atoms with van der Waals surface area (Å²) in [7, 11) is 0. The molecule has 0 radical (unpaired) electrons. The molecule has 19 aliphatic rings. The Balaban J connectivity index is 0.818. The average Bonchev–Trinajstić information content (AvgIpc) is 1.43. The fourth-order valence-electron chi connectivity index (χ4n) is 31.1. The molecule has 10 saturated carbocycles. The van der Waals surface area contributed by atoms with E-state index in [9.17, 15) is 10.2 Å². The monoisotopic (exact) mass is 1260 g/mol. The highest BCUT2D eigenvalue weighted by Gasteiger charge is 3.01. The maximum Gasteiger partial charge on any atom is 0.339 e. The number of fused-ring (bicyclic) bond motifs is 7. The number of aliphatic hydroxyl groups excluding tert-OH is 3. The van der Waals surface area contributed by atoms with Crippen LogP contribution in [0.3, 0.4) is 0 Å². The van der Waals surface area contributed by atoms with Gasteiger partial charge in [-0.25, -0.2) is 4.79 Å². The van der Waals surface area contributed by atoms with E-state index in [1.54, 1.807) is 0 Å². The third-order valence-electron chi connectivity index (χ3n) is 33.6. The van der Waals surface area contributed by atoms with Gasteiger partial charge in [-0.05, 0) is 240 Å². The minimum absolute atomic E-state index is 0.0585. The fourth-order valence-corrected chi connectivity index (χ4v) is 31.1. The Hall–Kier alpha value is -4.29. The predicted octanol–water partition coefficient (Wildman–Crippen LogP) is 11.0.